The third-order valence-corrected chi connectivity index (χ3v) is 55.0. The fraction of sp³-hybridized carbons (Fsp3) is 0. The zero-order chi connectivity index (χ0) is 27.3. The summed E-state index contributed by atoms with van der Waals surface area (Å²) in [6.45, 7) is 0. The summed E-state index contributed by atoms with van der Waals surface area (Å²) in [5.41, 5.74) is -5.82. The van der Waals surface area contributed by atoms with Crippen molar-refractivity contribution in [3.05, 3.63) is 182 Å². The molecule has 40 heavy (non-hydrogen) atoms. The van der Waals surface area contributed by atoms with E-state index in [1.54, 1.807) is 0 Å². The van der Waals surface area contributed by atoms with Crippen LogP contribution >= 0.6 is 10.9 Å². The fourth-order valence-corrected chi connectivity index (χ4v) is 66.0. The Morgan fingerprint density at radius 3 is 0.575 bits per heavy atom. The molecule has 0 atom stereocenters. The number of rotatable bonds is 8. The van der Waals surface area contributed by atoms with Crippen molar-refractivity contribution in [1.29, 1.82) is 0 Å². The molecule has 6 aromatic rings. The van der Waals surface area contributed by atoms with Crippen LogP contribution in [0, 0.1) is 0 Å². The van der Waals surface area contributed by atoms with Crippen molar-refractivity contribution in [1.82, 2.24) is 0 Å². The molecule has 0 aliphatic carbocycles. The molecule has 0 saturated heterocycles. The first-order chi connectivity index (χ1) is 19.8. The molecule has 1 nitrogen and oxygen atoms in total. The molecular formula is C36H33OP2Re. The van der Waals surface area contributed by atoms with Gasteiger partial charge in [-0.2, -0.15) is 0 Å². The van der Waals surface area contributed by atoms with Crippen molar-refractivity contribution < 1.29 is 20.0 Å². The van der Waals surface area contributed by atoms with Crippen LogP contribution in [0.15, 0.2) is 182 Å². The van der Waals surface area contributed by atoms with Gasteiger partial charge in [0, 0.05) is 0 Å². The second-order valence-corrected chi connectivity index (χ2v) is 38.9. The zero-order valence-electron chi connectivity index (χ0n) is 22.1. The average molecular weight is 730 g/mol. The Balaban J connectivity index is 1.81. The molecule has 0 aliphatic rings. The van der Waals surface area contributed by atoms with E-state index >= 15 is 0 Å². The average Bonchev–Trinajstić information content (AvgIpc) is 3.05. The van der Waals surface area contributed by atoms with Crippen LogP contribution < -0.4 is 31.8 Å². The van der Waals surface area contributed by atoms with E-state index in [2.05, 4.69) is 182 Å². The standard InChI is InChI=1S/2C18H15P.H2O.Re/c2*1-4-10-16(11-5-1)19(17-12-6-2-7-13-17)18-14-8-3-9-15-18;;/h2*1-15H;1H2;/q;;;-1/p+1. The second-order valence-electron chi connectivity index (χ2n) is 9.78. The molecule has 0 spiro atoms. The van der Waals surface area contributed by atoms with Gasteiger partial charge in [-0.3, -0.25) is 0 Å². The Morgan fingerprint density at radius 2 is 0.425 bits per heavy atom. The normalized spacial score (nSPS) is 12.9. The molecular weight excluding hydrogens is 697 g/mol. The van der Waals surface area contributed by atoms with Gasteiger partial charge in [0.1, 0.15) is 0 Å². The second kappa shape index (κ2) is 12.1. The topological polar surface area (TPSA) is 20.2 Å². The molecule has 0 radical (unpaired) electrons. The van der Waals surface area contributed by atoms with Gasteiger partial charge >= 0.3 is 245 Å². The Hall–Kier alpha value is -3.20. The molecule has 6 aromatic carbocycles. The summed E-state index contributed by atoms with van der Waals surface area (Å²) in [6, 6.07) is 65.7. The van der Waals surface area contributed by atoms with Gasteiger partial charge in [-0.15, -0.1) is 0 Å². The number of benzene rings is 6. The molecule has 1 N–H and O–H groups in total. The number of hydrogen-bond acceptors (Lipinski definition) is 1. The molecule has 0 amide bonds. The van der Waals surface area contributed by atoms with Crippen LogP contribution in [0.2, 0.25) is 0 Å². The molecule has 0 bridgehead atoms. The van der Waals surface area contributed by atoms with E-state index < -0.39 is 27.0 Å². The van der Waals surface area contributed by atoms with Gasteiger partial charge in [0.15, 0.2) is 0 Å². The van der Waals surface area contributed by atoms with Crippen LogP contribution in [-0.4, -0.2) is 3.83 Å². The minimum atomic E-state index is -3.49. The zero-order valence-corrected chi connectivity index (χ0v) is 26.9. The maximum atomic E-state index is 13.9. The summed E-state index contributed by atoms with van der Waals surface area (Å²) in [5.74, 6) is 0. The van der Waals surface area contributed by atoms with Crippen molar-refractivity contribution in [2.45, 2.75) is 0 Å². The monoisotopic (exact) mass is 730 g/mol. The molecule has 4 heteroatoms. The van der Waals surface area contributed by atoms with Gasteiger partial charge in [0.05, 0.1) is 0 Å². The summed E-state index contributed by atoms with van der Waals surface area (Å²) in [5, 5.41) is 7.74. The Bertz CT molecular complexity index is 1310. The van der Waals surface area contributed by atoms with E-state index in [-0.39, 0.29) is 0 Å². The van der Waals surface area contributed by atoms with Crippen LogP contribution in [0.1, 0.15) is 0 Å². The van der Waals surface area contributed by atoms with Crippen LogP contribution in [0.5, 0.6) is 0 Å². The van der Waals surface area contributed by atoms with Crippen LogP contribution in [0.25, 0.3) is 0 Å². The maximum absolute atomic E-state index is 13.9. The van der Waals surface area contributed by atoms with E-state index in [4.69, 9.17) is 0 Å². The number of hydrogen-bond donors (Lipinski definition) is 1. The van der Waals surface area contributed by atoms with Gasteiger partial charge in [-0.05, 0) is 0 Å². The van der Waals surface area contributed by atoms with E-state index in [1.165, 1.54) is 31.8 Å². The predicted octanol–water partition coefficient (Wildman–Crippen LogP) is 5.79. The van der Waals surface area contributed by atoms with Gasteiger partial charge in [-0.25, -0.2) is 0 Å². The van der Waals surface area contributed by atoms with Crippen LogP contribution in [-0.2, 0) is 16.1 Å². The van der Waals surface area contributed by atoms with Crippen LogP contribution in [0.4, 0.5) is 0 Å². The molecule has 6 rings (SSSR count). The van der Waals surface area contributed by atoms with Gasteiger partial charge in [-0.1, -0.05) is 0 Å². The van der Waals surface area contributed by atoms with Gasteiger partial charge in [0.2, 0.25) is 0 Å². The summed E-state index contributed by atoms with van der Waals surface area (Å²) < 4.78 is 13.9. The summed E-state index contributed by atoms with van der Waals surface area (Å²) in [7, 11) is 0. The molecule has 200 valence electrons. The Labute approximate surface area is 243 Å². The van der Waals surface area contributed by atoms with Crippen LogP contribution in [0.3, 0.4) is 0 Å². The minimum absolute atomic E-state index is 1.29. The predicted molar refractivity (Wildman–Crippen MR) is 175 cm³/mol. The molecule has 0 aromatic heterocycles. The van der Waals surface area contributed by atoms with E-state index in [0.29, 0.717) is 0 Å². The third-order valence-electron chi connectivity index (χ3n) is 7.57. The summed E-state index contributed by atoms with van der Waals surface area (Å²) >= 11 is -3.49. The molecule has 0 unspecified atom stereocenters. The first-order valence-electron chi connectivity index (χ1n) is 13.5. The van der Waals surface area contributed by atoms with E-state index in [1.807, 2.05) is 0 Å². The fourth-order valence-electron chi connectivity index (χ4n) is 5.84. The quantitative estimate of drug-likeness (QED) is 0.197. The first-order valence-corrected chi connectivity index (χ1v) is 26.6. The molecule has 0 heterocycles. The van der Waals surface area contributed by atoms with Gasteiger partial charge in [0.25, 0.3) is 0 Å². The van der Waals surface area contributed by atoms with E-state index in [9.17, 15) is 3.83 Å². The van der Waals surface area contributed by atoms with Crippen molar-refractivity contribution in [3.63, 3.8) is 0 Å². The van der Waals surface area contributed by atoms with Crippen molar-refractivity contribution in [3.8, 4) is 0 Å². The third kappa shape index (κ3) is 4.62. The Morgan fingerprint density at radius 1 is 0.275 bits per heavy atom. The van der Waals surface area contributed by atoms with E-state index in [0.717, 1.165) is 0 Å². The van der Waals surface area contributed by atoms with Gasteiger partial charge < -0.3 is 0 Å². The van der Waals surface area contributed by atoms with Crippen molar-refractivity contribution >= 4 is 42.7 Å². The summed E-state index contributed by atoms with van der Waals surface area (Å²) in [6.07, 6.45) is 0. The SMILES string of the molecule is [OH][Re]([PH](c1ccccc1)(c1ccccc1)c1ccccc1)[PH](c1ccccc1)(c1ccccc1)c1ccccc1. The summed E-state index contributed by atoms with van der Waals surface area (Å²) in [4.78, 5) is 0. The molecule has 0 aliphatic heterocycles. The molecule has 0 saturated carbocycles. The van der Waals surface area contributed by atoms with Crippen molar-refractivity contribution in [2.24, 2.45) is 0 Å². The molecule has 0 fully saturated rings. The Kier molecular flexibility index (Phi) is 8.18. The first kappa shape index (κ1) is 27.0. The van der Waals surface area contributed by atoms with Crippen molar-refractivity contribution in [2.75, 3.05) is 0 Å².